The Balaban J connectivity index is 1.10. The number of carbonyl (C=O) groups excluding carboxylic acids is 4. The second-order valence-corrected chi connectivity index (χ2v) is 19.0. The third-order valence-electron chi connectivity index (χ3n) is 11.1. The molecule has 17 heteroatoms. The number of fused-ring (bicyclic) bond motifs is 1. The van der Waals surface area contributed by atoms with Crippen LogP contribution in [0.5, 0.6) is 5.75 Å². The number of para-hydroxylation sites is 2. The highest BCUT2D eigenvalue weighted by Crippen LogP contribution is 2.30. The van der Waals surface area contributed by atoms with Gasteiger partial charge in [-0.1, -0.05) is 133 Å². The fourth-order valence-electron chi connectivity index (χ4n) is 7.71. The highest BCUT2D eigenvalue weighted by molar-refractivity contribution is 7.90. The SMILES string of the molecule is COc1ccccc1N(C)C(=O)[C@H](Cc1ccccc1-c1ccc(S(=O)(=O)NC(=O)N[C@@H](Cc2ccccc2)C(=O)N(C)c2cccc3ccccc23)cc1)NC(=O)NS(=O)(=O)c1ccccc1. The van der Waals surface area contributed by atoms with Crippen LogP contribution in [0.3, 0.4) is 0 Å². The van der Waals surface area contributed by atoms with Crippen molar-refractivity contribution in [2.75, 3.05) is 31.0 Å². The van der Waals surface area contributed by atoms with Crippen LogP contribution in [0, 0.1) is 0 Å². The number of likely N-dealkylation sites (N-methyl/N-ethyl adjacent to an activating group) is 2. The van der Waals surface area contributed by atoms with E-state index in [1.165, 1.54) is 72.5 Å². The number of carbonyl (C=O) groups is 4. The van der Waals surface area contributed by atoms with E-state index in [2.05, 4.69) is 10.6 Å². The smallest absolute Gasteiger partial charge is 0.329 e. The maximum absolute atomic E-state index is 14.3. The van der Waals surface area contributed by atoms with Gasteiger partial charge in [0.05, 0.1) is 28.3 Å². The molecule has 0 aliphatic heterocycles. The number of rotatable bonds is 16. The molecule has 7 aromatic carbocycles. The van der Waals surface area contributed by atoms with E-state index in [0.717, 1.165) is 16.3 Å². The van der Waals surface area contributed by atoms with Gasteiger partial charge in [0.25, 0.3) is 20.0 Å². The van der Waals surface area contributed by atoms with Crippen molar-refractivity contribution in [3.05, 3.63) is 187 Å². The lowest BCUT2D eigenvalue weighted by atomic mass is 9.94. The lowest BCUT2D eigenvalue weighted by molar-refractivity contribution is -0.120. The molecular weight excluding hydrogens is 905 g/mol. The molecule has 0 unspecified atom stereocenters. The quantitative estimate of drug-likeness (QED) is 0.0785. The number of hydrogen-bond acceptors (Lipinski definition) is 9. The number of anilines is 2. The lowest BCUT2D eigenvalue weighted by Gasteiger charge is -2.26. The van der Waals surface area contributed by atoms with Crippen molar-refractivity contribution in [1.82, 2.24) is 20.1 Å². The van der Waals surface area contributed by atoms with Gasteiger partial charge in [-0.15, -0.1) is 0 Å². The summed E-state index contributed by atoms with van der Waals surface area (Å²) in [7, 11) is -4.24. The standard InChI is InChI=1S/C51H48N6O9S2/c1-56(45-27-16-21-36-19-10-13-25-42(36)45)48(58)43(33-35-17-6-4-7-18-35)52-50(60)55-68(64,65)40-31-29-37(30-32-40)41-24-12-11-20-38(41)34-44(49(59)57(2)46-26-14-15-28-47(46)66-3)53-51(61)54-67(62,63)39-22-8-5-9-23-39/h4-32,43-44H,33-34H2,1-3H3,(H2,52,55,60)(H2,53,54,61)/t43-,44-/m0/s1. The van der Waals surface area contributed by atoms with Gasteiger partial charge in [-0.3, -0.25) is 9.59 Å². The summed E-state index contributed by atoms with van der Waals surface area (Å²) >= 11 is 0. The first-order chi connectivity index (χ1) is 32.6. The molecule has 4 N–H and O–H groups in total. The summed E-state index contributed by atoms with van der Waals surface area (Å²) in [5.41, 5.74) is 3.38. The second-order valence-electron chi connectivity index (χ2n) is 15.6. The van der Waals surface area contributed by atoms with Gasteiger partial charge in [0, 0.05) is 32.3 Å². The minimum absolute atomic E-state index is 0.0759. The monoisotopic (exact) mass is 952 g/mol. The van der Waals surface area contributed by atoms with E-state index in [4.69, 9.17) is 4.74 Å². The highest BCUT2D eigenvalue weighted by Gasteiger charge is 2.31. The fraction of sp³-hybridized carbons (Fsp3) is 0.137. The highest BCUT2D eigenvalue weighted by atomic mass is 32.2. The molecular formula is C51H48N6O9S2. The van der Waals surface area contributed by atoms with Crippen molar-refractivity contribution in [2.24, 2.45) is 0 Å². The van der Waals surface area contributed by atoms with Gasteiger partial charge in [0.15, 0.2) is 0 Å². The molecule has 348 valence electrons. The molecule has 0 heterocycles. The number of nitrogens with zero attached hydrogens (tertiary/aromatic N) is 2. The normalized spacial score (nSPS) is 12.2. The maximum atomic E-state index is 14.3. The van der Waals surface area contributed by atoms with Gasteiger partial charge in [-0.25, -0.2) is 35.9 Å². The largest absolute Gasteiger partial charge is 0.495 e. The van der Waals surface area contributed by atoms with Gasteiger partial charge >= 0.3 is 12.1 Å². The second kappa shape index (κ2) is 21.1. The minimum Gasteiger partial charge on any atom is -0.495 e. The van der Waals surface area contributed by atoms with Crippen LogP contribution in [0.1, 0.15) is 11.1 Å². The zero-order valence-electron chi connectivity index (χ0n) is 37.2. The van der Waals surface area contributed by atoms with Crippen LogP contribution in [0.2, 0.25) is 0 Å². The first kappa shape index (κ1) is 47.9. The molecule has 0 spiro atoms. The van der Waals surface area contributed by atoms with E-state index >= 15 is 0 Å². The van der Waals surface area contributed by atoms with Crippen LogP contribution in [-0.2, 0) is 42.5 Å². The van der Waals surface area contributed by atoms with Gasteiger partial charge in [0.1, 0.15) is 17.8 Å². The molecule has 6 amide bonds. The number of hydrogen-bond donors (Lipinski definition) is 4. The zero-order valence-corrected chi connectivity index (χ0v) is 38.8. The van der Waals surface area contributed by atoms with E-state index in [-0.39, 0.29) is 22.6 Å². The fourth-order valence-corrected chi connectivity index (χ4v) is 9.56. The number of benzene rings is 7. The van der Waals surface area contributed by atoms with E-state index in [1.54, 1.807) is 92.0 Å². The average Bonchev–Trinajstić information content (AvgIpc) is 3.35. The van der Waals surface area contributed by atoms with E-state index in [9.17, 15) is 36.0 Å². The average molecular weight is 953 g/mol. The summed E-state index contributed by atoms with van der Waals surface area (Å²) in [5.74, 6) is -0.690. The van der Waals surface area contributed by atoms with Gasteiger partial charge < -0.3 is 25.2 Å². The Morgan fingerprint density at radius 1 is 0.515 bits per heavy atom. The predicted molar refractivity (Wildman–Crippen MR) is 261 cm³/mol. The van der Waals surface area contributed by atoms with Crippen LogP contribution in [0.4, 0.5) is 21.0 Å². The summed E-state index contributed by atoms with van der Waals surface area (Å²) in [6, 6.07) is 44.1. The molecule has 0 saturated carbocycles. The third kappa shape index (κ3) is 11.3. The number of nitrogens with one attached hydrogen (secondary N) is 4. The van der Waals surface area contributed by atoms with Crippen LogP contribution in [-0.4, -0.2) is 74.0 Å². The van der Waals surface area contributed by atoms with Crippen LogP contribution < -0.4 is 34.6 Å². The van der Waals surface area contributed by atoms with E-state index < -0.39 is 56.0 Å². The molecule has 7 rings (SSSR count). The number of sulfonamides is 2. The first-order valence-electron chi connectivity index (χ1n) is 21.2. The Morgan fingerprint density at radius 3 is 1.65 bits per heavy atom. The summed E-state index contributed by atoms with van der Waals surface area (Å²) in [6.07, 6.45) is -0.0554. The molecule has 0 bridgehead atoms. The Bertz CT molecular complexity index is 3170. The maximum Gasteiger partial charge on any atom is 0.329 e. The van der Waals surface area contributed by atoms with Crippen LogP contribution in [0.25, 0.3) is 21.9 Å². The Hall–Kier alpha value is -8.02. The van der Waals surface area contributed by atoms with Crippen molar-refractivity contribution < 1.29 is 40.8 Å². The van der Waals surface area contributed by atoms with Crippen molar-refractivity contribution in [1.29, 1.82) is 0 Å². The topological polar surface area (TPSA) is 200 Å². The van der Waals surface area contributed by atoms with E-state index in [1.807, 2.05) is 51.9 Å². The molecule has 15 nitrogen and oxygen atoms in total. The van der Waals surface area contributed by atoms with Crippen molar-refractivity contribution in [2.45, 2.75) is 34.7 Å². The molecule has 0 aliphatic rings. The number of urea groups is 2. The number of methoxy groups -OCH3 is 1. The first-order valence-corrected chi connectivity index (χ1v) is 24.2. The molecule has 0 fully saturated rings. The number of ether oxygens (including phenoxy) is 1. The van der Waals surface area contributed by atoms with Gasteiger partial charge in [0.2, 0.25) is 11.8 Å². The van der Waals surface area contributed by atoms with E-state index in [0.29, 0.717) is 33.8 Å². The molecule has 0 aliphatic carbocycles. The molecule has 0 saturated heterocycles. The van der Waals surface area contributed by atoms with Gasteiger partial charge in [-0.2, -0.15) is 0 Å². The Labute approximate surface area is 394 Å². The minimum atomic E-state index is -4.49. The van der Waals surface area contributed by atoms with Crippen molar-refractivity contribution in [3.63, 3.8) is 0 Å². The zero-order chi connectivity index (χ0) is 48.4. The summed E-state index contributed by atoms with van der Waals surface area (Å²) < 4.78 is 63.0. The molecule has 68 heavy (non-hydrogen) atoms. The van der Waals surface area contributed by atoms with Crippen molar-refractivity contribution >= 4 is 66.1 Å². The number of amides is 6. The van der Waals surface area contributed by atoms with Crippen LogP contribution in [0.15, 0.2) is 186 Å². The predicted octanol–water partition coefficient (Wildman–Crippen LogP) is 7.04. The Kier molecular flexibility index (Phi) is 14.9. The molecule has 2 atom stereocenters. The third-order valence-corrected chi connectivity index (χ3v) is 13.8. The molecule has 0 radical (unpaired) electrons. The summed E-state index contributed by atoms with van der Waals surface area (Å²) in [5, 5.41) is 6.88. The van der Waals surface area contributed by atoms with Crippen LogP contribution >= 0.6 is 0 Å². The summed E-state index contributed by atoms with van der Waals surface area (Å²) in [4.78, 5) is 57.6. The molecule has 0 aromatic heterocycles. The molecule has 7 aromatic rings. The van der Waals surface area contributed by atoms with Gasteiger partial charge in [-0.05, 0) is 70.1 Å². The Morgan fingerprint density at radius 2 is 1.00 bits per heavy atom. The van der Waals surface area contributed by atoms with Crippen molar-refractivity contribution in [3.8, 4) is 16.9 Å². The lowest BCUT2D eigenvalue weighted by Crippen LogP contribution is -2.52. The summed E-state index contributed by atoms with van der Waals surface area (Å²) in [6.45, 7) is 0.